The Morgan fingerprint density at radius 3 is 2.84 bits per heavy atom. The van der Waals surface area contributed by atoms with Crippen LogP contribution in [0.15, 0.2) is 42.6 Å². The number of fused-ring (bicyclic) bond motifs is 1. The van der Waals surface area contributed by atoms with Crippen molar-refractivity contribution in [1.82, 2.24) is 15.2 Å². The molecule has 2 heterocycles. The molecule has 1 aromatic carbocycles. The van der Waals surface area contributed by atoms with E-state index in [4.69, 9.17) is 11.6 Å². The Balaban J connectivity index is 1.84. The maximum atomic E-state index is 12.0. The summed E-state index contributed by atoms with van der Waals surface area (Å²) in [5.74, 6) is 0.120. The largest absolute Gasteiger partial charge is 0.361 e. The Morgan fingerprint density at radius 2 is 2.05 bits per heavy atom. The zero-order valence-corrected chi connectivity index (χ0v) is 10.5. The number of carbonyl (C=O) groups is 1. The third-order valence-electron chi connectivity index (χ3n) is 2.69. The molecule has 0 aliphatic rings. The molecule has 0 aliphatic carbocycles. The summed E-state index contributed by atoms with van der Waals surface area (Å²) in [7, 11) is 0. The van der Waals surface area contributed by atoms with Gasteiger partial charge in [-0.25, -0.2) is 0 Å². The molecule has 0 saturated carbocycles. The number of hydrogen-bond acceptors (Lipinski definition) is 3. The number of hydrogen-bond donors (Lipinski definition) is 2. The third-order valence-corrected chi connectivity index (χ3v) is 2.89. The minimum absolute atomic E-state index is 0.242. The molecule has 2 N–H and O–H groups in total. The van der Waals surface area contributed by atoms with Gasteiger partial charge in [-0.05, 0) is 35.7 Å². The molecular weight excluding hydrogens is 264 g/mol. The van der Waals surface area contributed by atoms with Gasteiger partial charge in [-0.2, -0.15) is 0 Å². The highest BCUT2D eigenvalue weighted by molar-refractivity contribution is 6.29. The summed E-state index contributed by atoms with van der Waals surface area (Å²) in [6.45, 7) is 0. The minimum atomic E-state index is -0.242. The fourth-order valence-corrected chi connectivity index (χ4v) is 1.86. The van der Waals surface area contributed by atoms with Crippen molar-refractivity contribution in [1.29, 1.82) is 0 Å². The lowest BCUT2D eigenvalue weighted by Crippen LogP contribution is -2.13. The van der Waals surface area contributed by atoms with E-state index in [1.54, 1.807) is 24.3 Å². The van der Waals surface area contributed by atoms with Gasteiger partial charge in [0.1, 0.15) is 0 Å². The van der Waals surface area contributed by atoms with Crippen LogP contribution in [0.4, 0.5) is 5.82 Å². The van der Waals surface area contributed by atoms with Crippen LogP contribution in [0, 0.1) is 0 Å². The Hall–Kier alpha value is -2.40. The van der Waals surface area contributed by atoms with Crippen LogP contribution in [0.5, 0.6) is 0 Å². The summed E-state index contributed by atoms with van der Waals surface area (Å²) in [5.41, 5.74) is 1.46. The number of rotatable bonds is 2. The molecule has 0 saturated heterocycles. The molecule has 5 nitrogen and oxygen atoms in total. The van der Waals surface area contributed by atoms with Gasteiger partial charge >= 0.3 is 0 Å². The van der Waals surface area contributed by atoms with Crippen LogP contribution in [-0.4, -0.2) is 21.1 Å². The number of carbonyl (C=O) groups excluding carboxylic acids is 1. The van der Waals surface area contributed by atoms with Crippen LogP contribution >= 0.6 is 11.6 Å². The molecular formula is C13H9ClN4O. The van der Waals surface area contributed by atoms with Crippen molar-refractivity contribution in [3.8, 4) is 0 Å². The third kappa shape index (κ3) is 2.41. The first-order chi connectivity index (χ1) is 9.22. The molecule has 0 unspecified atom stereocenters. The van der Waals surface area contributed by atoms with Crippen molar-refractivity contribution in [2.75, 3.05) is 5.32 Å². The van der Waals surface area contributed by atoms with Gasteiger partial charge in [-0.3, -0.25) is 4.79 Å². The number of nitrogens with one attached hydrogen (secondary N) is 2. The quantitative estimate of drug-likeness (QED) is 0.753. The predicted molar refractivity (Wildman–Crippen MR) is 73.3 cm³/mol. The monoisotopic (exact) mass is 272 g/mol. The summed E-state index contributed by atoms with van der Waals surface area (Å²) >= 11 is 5.63. The number of nitrogens with zero attached hydrogens (tertiary/aromatic N) is 2. The molecule has 0 radical (unpaired) electrons. The highest BCUT2D eigenvalue weighted by Gasteiger charge is 2.08. The molecule has 19 heavy (non-hydrogen) atoms. The molecule has 3 rings (SSSR count). The lowest BCUT2D eigenvalue weighted by atomic mass is 10.1. The fourth-order valence-electron chi connectivity index (χ4n) is 1.76. The van der Waals surface area contributed by atoms with Crippen molar-refractivity contribution in [3.63, 3.8) is 0 Å². The molecule has 6 heteroatoms. The summed E-state index contributed by atoms with van der Waals surface area (Å²) < 4.78 is 0. The van der Waals surface area contributed by atoms with Crippen LogP contribution in [0.25, 0.3) is 10.9 Å². The highest BCUT2D eigenvalue weighted by atomic mass is 35.5. The molecule has 3 aromatic rings. The smallest absolute Gasteiger partial charge is 0.256 e. The SMILES string of the molecule is O=C(Nc1ccc(Cl)nn1)c1ccc2cc[nH]c2c1. The molecule has 0 bridgehead atoms. The van der Waals surface area contributed by atoms with Crippen molar-refractivity contribution in [2.45, 2.75) is 0 Å². The first kappa shape index (κ1) is 11.7. The average Bonchev–Trinajstić information content (AvgIpc) is 2.88. The van der Waals surface area contributed by atoms with E-state index in [1.165, 1.54) is 0 Å². The average molecular weight is 273 g/mol. The van der Waals surface area contributed by atoms with E-state index in [-0.39, 0.29) is 11.1 Å². The number of aromatic nitrogens is 3. The van der Waals surface area contributed by atoms with E-state index >= 15 is 0 Å². The minimum Gasteiger partial charge on any atom is -0.361 e. The van der Waals surface area contributed by atoms with E-state index in [0.29, 0.717) is 11.4 Å². The Labute approximate surface area is 113 Å². The molecule has 0 aliphatic heterocycles. The highest BCUT2D eigenvalue weighted by Crippen LogP contribution is 2.15. The van der Waals surface area contributed by atoms with E-state index in [1.807, 2.05) is 18.3 Å². The second-order valence-corrected chi connectivity index (χ2v) is 4.36. The van der Waals surface area contributed by atoms with E-state index in [0.717, 1.165) is 10.9 Å². The van der Waals surface area contributed by atoms with Gasteiger partial charge in [-0.1, -0.05) is 17.7 Å². The van der Waals surface area contributed by atoms with Gasteiger partial charge in [0.05, 0.1) is 0 Å². The van der Waals surface area contributed by atoms with Crippen LogP contribution in [0.1, 0.15) is 10.4 Å². The van der Waals surface area contributed by atoms with Gasteiger partial charge < -0.3 is 10.3 Å². The molecule has 94 valence electrons. The summed E-state index contributed by atoms with van der Waals surface area (Å²) in [6.07, 6.45) is 1.83. The zero-order valence-electron chi connectivity index (χ0n) is 9.72. The molecule has 0 atom stereocenters. The maximum absolute atomic E-state index is 12.0. The maximum Gasteiger partial charge on any atom is 0.256 e. The van der Waals surface area contributed by atoms with Gasteiger partial charge in [0.2, 0.25) is 0 Å². The van der Waals surface area contributed by atoms with Crippen molar-refractivity contribution in [2.24, 2.45) is 0 Å². The molecule has 2 aromatic heterocycles. The van der Waals surface area contributed by atoms with Gasteiger partial charge in [0.25, 0.3) is 5.91 Å². The first-order valence-corrected chi connectivity index (χ1v) is 5.98. The lowest BCUT2D eigenvalue weighted by Gasteiger charge is -2.03. The summed E-state index contributed by atoms with van der Waals surface area (Å²) in [6, 6.07) is 10.5. The number of amides is 1. The van der Waals surface area contributed by atoms with Gasteiger partial charge in [0.15, 0.2) is 11.0 Å². The van der Waals surface area contributed by atoms with E-state index in [9.17, 15) is 4.79 Å². The second kappa shape index (κ2) is 4.70. The van der Waals surface area contributed by atoms with Gasteiger partial charge in [-0.15, -0.1) is 10.2 Å². The van der Waals surface area contributed by atoms with Crippen molar-refractivity contribution in [3.05, 3.63) is 53.3 Å². The molecule has 0 fully saturated rings. The lowest BCUT2D eigenvalue weighted by molar-refractivity contribution is 0.102. The van der Waals surface area contributed by atoms with Gasteiger partial charge in [0, 0.05) is 17.3 Å². The van der Waals surface area contributed by atoms with Crippen LogP contribution in [-0.2, 0) is 0 Å². The molecule has 1 amide bonds. The zero-order chi connectivity index (χ0) is 13.2. The Morgan fingerprint density at radius 1 is 1.16 bits per heavy atom. The molecule has 0 spiro atoms. The number of halogens is 1. The second-order valence-electron chi connectivity index (χ2n) is 3.98. The summed E-state index contributed by atoms with van der Waals surface area (Å²) in [5, 5.41) is 11.4. The number of anilines is 1. The standard InChI is InChI=1S/C13H9ClN4O/c14-11-3-4-12(18-17-11)16-13(19)9-2-1-8-5-6-15-10(8)7-9/h1-7,15H,(H,16,18,19). The number of benzene rings is 1. The number of H-pyrrole nitrogens is 1. The van der Waals surface area contributed by atoms with Crippen LogP contribution in [0.2, 0.25) is 5.15 Å². The van der Waals surface area contributed by atoms with E-state index in [2.05, 4.69) is 20.5 Å². The normalized spacial score (nSPS) is 10.6. The van der Waals surface area contributed by atoms with E-state index < -0.39 is 0 Å². The summed E-state index contributed by atoms with van der Waals surface area (Å²) in [4.78, 5) is 15.1. The fraction of sp³-hybridized carbons (Fsp3) is 0. The Kier molecular flexibility index (Phi) is 2.89. The topological polar surface area (TPSA) is 70.7 Å². The Bertz CT molecular complexity index is 736. The number of aromatic amines is 1. The van der Waals surface area contributed by atoms with Crippen molar-refractivity contribution < 1.29 is 4.79 Å². The van der Waals surface area contributed by atoms with Crippen LogP contribution < -0.4 is 5.32 Å². The van der Waals surface area contributed by atoms with Crippen molar-refractivity contribution >= 4 is 34.2 Å². The predicted octanol–water partition coefficient (Wildman–Crippen LogP) is 2.86. The first-order valence-electron chi connectivity index (χ1n) is 5.60. The van der Waals surface area contributed by atoms with Crippen LogP contribution in [0.3, 0.4) is 0 Å².